The summed E-state index contributed by atoms with van der Waals surface area (Å²) in [7, 11) is 0. The van der Waals surface area contributed by atoms with Crippen molar-refractivity contribution in [2.75, 3.05) is 0 Å². The standard InChI is InChI=1S/C30H21ClF3N3O3/c31-25-6-1-3-19(11-25)17-37-27-23(16-36-37)12-22(21-4-2-5-24(13-21)30(32,33)34)14-26(27)28(38)35-15-18-7-9-20(10-8-18)29(39)40/h1-14,16H,15,17H2,(H,35,38)(H,39,40). The normalized spacial score (nSPS) is 11.5. The van der Waals surface area contributed by atoms with Gasteiger partial charge in [-0.1, -0.05) is 48.0 Å². The Bertz CT molecular complexity index is 1730. The minimum absolute atomic E-state index is 0.108. The highest BCUT2D eigenvalue weighted by molar-refractivity contribution is 6.30. The van der Waals surface area contributed by atoms with Crippen LogP contribution in [0.4, 0.5) is 13.2 Å². The molecule has 0 spiro atoms. The Labute approximate surface area is 231 Å². The number of carboxylic acids is 1. The highest BCUT2D eigenvalue weighted by Crippen LogP contribution is 2.34. The van der Waals surface area contributed by atoms with E-state index in [1.165, 1.54) is 18.2 Å². The first-order valence-electron chi connectivity index (χ1n) is 12.1. The van der Waals surface area contributed by atoms with Crippen LogP contribution in [0.5, 0.6) is 0 Å². The molecule has 1 amide bonds. The van der Waals surface area contributed by atoms with Crippen LogP contribution in [0.3, 0.4) is 0 Å². The van der Waals surface area contributed by atoms with Gasteiger partial charge in [-0.2, -0.15) is 18.3 Å². The number of carboxylic acid groups (broad SMARTS) is 1. The quantitative estimate of drug-likeness (QED) is 0.222. The van der Waals surface area contributed by atoms with Crippen molar-refractivity contribution < 1.29 is 27.9 Å². The Kier molecular flexibility index (Phi) is 7.32. The van der Waals surface area contributed by atoms with Gasteiger partial charge in [0.1, 0.15) is 0 Å². The van der Waals surface area contributed by atoms with E-state index in [4.69, 9.17) is 16.7 Å². The third-order valence-electron chi connectivity index (χ3n) is 6.38. The molecule has 0 saturated carbocycles. The van der Waals surface area contributed by atoms with Gasteiger partial charge < -0.3 is 10.4 Å². The van der Waals surface area contributed by atoms with Crippen LogP contribution in [-0.2, 0) is 19.3 Å². The number of aromatic nitrogens is 2. The Balaban J connectivity index is 1.55. The number of rotatable bonds is 7. The molecule has 0 aliphatic heterocycles. The summed E-state index contributed by atoms with van der Waals surface area (Å²) in [6.45, 7) is 0.417. The van der Waals surface area contributed by atoms with Gasteiger partial charge in [0.15, 0.2) is 0 Å². The van der Waals surface area contributed by atoms with Gasteiger partial charge in [0.05, 0.1) is 34.9 Å². The fourth-order valence-electron chi connectivity index (χ4n) is 4.42. The lowest BCUT2D eigenvalue weighted by molar-refractivity contribution is -0.137. The number of aromatic carboxylic acids is 1. The van der Waals surface area contributed by atoms with Crippen molar-refractivity contribution in [1.29, 1.82) is 0 Å². The van der Waals surface area contributed by atoms with Crippen LogP contribution in [0, 0.1) is 0 Å². The van der Waals surface area contributed by atoms with Crippen LogP contribution < -0.4 is 5.32 Å². The van der Waals surface area contributed by atoms with Gasteiger partial charge in [-0.3, -0.25) is 9.48 Å². The number of alkyl halides is 3. The van der Waals surface area contributed by atoms with E-state index in [-0.39, 0.29) is 17.7 Å². The molecule has 0 radical (unpaired) electrons. The Morgan fingerprint density at radius 3 is 2.35 bits per heavy atom. The summed E-state index contributed by atoms with van der Waals surface area (Å²) in [6.07, 6.45) is -2.95. The number of fused-ring (bicyclic) bond motifs is 1. The molecule has 5 aromatic rings. The molecule has 5 rings (SSSR count). The summed E-state index contributed by atoms with van der Waals surface area (Å²) in [5.74, 6) is -1.52. The molecule has 4 aromatic carbocycles. The number of hydrogen-bond acceptors (Lipinski definition) is 3. The molecule has 1 heterocycles. The number of hydrogen-bond donors (Lipinski definition) is 2. The summed E-state index contributed by atoms with van der Waals surface area (Å²) in [6, 6.07) is 21.5. The maximum absolute atomic E-state index is 13.5. The fraction of sp³-hybridized carbons (Fsp3) is 0.100. The topological polar surface area (TPSA) is 84.2 Å². The first kappa shape index (κ1) is 27.0. The van der Waals surface area contributed by atoms with Crippen LogP contribution in [0.2, 0.25) is 5.02 Å². The van der Waals surface area contributed by atoms with E-state index >= 15 is 0 Å². The summed E-state index contributed by atoms with van der Waals surface area (Å²) in [4.78, 5) is 24.6. The van der Waals surface area contributed by atoms with Crippen molar-refractivity contribution in [3.63, 3.8) is 0 Å². The number of halogens is 4. The highest BCUT2D eigenvalue weighted by atomic mass is 35.5. The summed E-state index contributed by atoms with van der Waals surface area (Å²) < 4.78 is 41.8. The minimum atomic E-state index is -4.52. The summed E-state index contributed by atoms with van der Waals surface area (Å²) in [5, 5.41) is 17.5. The van der Waals surface area contributed by atoms with Gasteiger partial charge in [-0.15, -0.1) is 0 Å². The number of nitrogens with one attached hydrogen (secondary N) is 1. The maximum atomic E-state index is 13.5. The zero-order valence-electron chi connectivity index (χ0n) is 20.7. The van der Waals surface area contributed by atoms with Gasteiger partial charge in [0.2, 0.25) is 0 Å². The van der Waals surface area contributed by atoms with Crippen LogP contribution in [-0.4, -0.2) is 26.8 Å². The first-order valence-corrected chi connectivity index (χ1v) is 12.5. The average Bonchev–Trinajstić information content (AvgIpc) is 3.33. The molecule has 10 heteroatoms. The van der Waals surface area contributed by atoms with E-state index in [9.17, 15) is 22.8 Å². The number of carbonyl (C=O) groups is 2. The maximum Gasteiger partial charge on any atom is 0.416 e. The SMILES string of the molecule is O=C(O)c1ccc(CNC(=O)c2cc(-c3cccc(C(F)(F)F)c3)cc3cnn(Cc4cccc(Cl)c4)c23)cc1. The number of benzene rings is 4. The van der Waals surface area contributed by atoms with Crippen molar-refractivity contribution in [2.24, 2.45) is 0 Å². The lowest BCUT2D eigenvalue weighted by atomic mass is 9.98. The second kappa shape index (κ2) is 10.9. The Hall–Kier alpha value is -4.63. The van der Waals surface area contributed by atoms with Crippen molar-refractivity contribution in [3.05, 3.63) is 124 Å². The van der Waals surface area contributed by atoms with E-state index in [2.05, 4.69) is 10.4 Å². The summed E-state index contributed by atoms with van der Waals surface area (Å²) >= 11 is 6.14. The van der Waals surface area contributed by atoms with Crippen LogP contribution >= 0.6 is 11.6 Å². The lowest BCUT2D eigenvalue weighted by Gasteiger charge is -2.13. The molecule has 202 valence electrons. The molecular weight excluding hydrogens is 543 g/mol. The van der Waals surface area contributed by atoms with Crippen LogP contribution in [0.15, 0.2) is 91.1 Å². The van der Waals surface area contributed by atoms with Crippen LogP contribution in [0.25, 0.3) is 22.0 Å². The van der Waals surface area contributed by atoms with Crippen molar-refractivity contribution in [1.82, 2.24) is 15.1 Å². The average molecular weight is 564 g/mol. The molecular formula is C30H21ClF3N3O3. The van der Waals surface area contributed by atoms with E-state index < -0.39 is 23.6 Å². The van der Waals surface area contributed by atoms with Crippen LogP contribution in [0.1, 0.15) is 37.4 Å². The fourth-order valence-corrected chi connectivity index (χ4v) is 4.63. The highest BCUT2D eigenvalue weighted by Gasteiger charge is 2.30. The van der Waals surface area contributed by atoms with Crippen molar-refractivity contribution in [3.8, 4) is 11.1 Å². The van der Waals surface area contributed by atoms with Crippen molar-refractivity contribution >= 4 is 34.4 Å². The molecule has 40 heavy (non-hydrogen) atoms. The van der Waals surface area contributed by atoms with E-state index in [0.29, 0.717) is 39.2 Å². The minimum Gasteiger partial charge on any atom is -0.478 e. The van der Waals surface area contributed by atoms with E-state index in [0.717, 1.165) is 17.7 Å². The van der Waals surface area contributed by atoms with Crippen molar-refractivity contribution in [2.45, 2.75) is 19.3 Å². The molecule has 0 aliphatic carbocycles. The zero-order chi connectivity index (χ0) is 28.4. The molecule has 1 aromatic heterocycles. The number of nitrogens with zero attached hydrogens (tertiary/aromatic N) is 2. The zero-order valence-corrected chi connectivity index (χ0v) is 21.5. The van der Waals surface area contributed by atoms with Gasteiger partial charge in [-0.25, -0.2) is 4.79 Å². The van der Waals surface area contributed by atoms with E-state index in [1.54, 1.807) is 59.4 Å². The van der Waals surface area contributed by atoms with Gasteiger partial charge in [0, 0.05) is 17.0 Å². The molecule has 0 aliphatic rings. The molecule has 6 nitrogen and oxygen atoms in total. The van der Waals surface area contributed by atoms with Gasteiger partial charge in [0.25, 0.3) is 5.91 Å². The molecule has 0 saturated heterocycles. The molecule has 0 fully saturated rings. The third kappa shape index (κ3) is 5.84. The smallest absolute Gasteiger partial charge is 0.416 e. The number of amides is 1. The monoisotopic (exact) mass is 563 g/mol. The molecule has 0 unspecified atom stereocenters. The predicted molar refractivity (Wildman–Crippen MR) is 145 cm³/mol. The third-order valence-corrected chi connectivity index (χ3v) is 6.61. The first-order chi connectivity index (χ1) is 19.1. The second-order valence-corrected chi connectivity index (χ2v) is 9.59. The summed E-state index contributed by atoms with van der Waals surface area (Å²) in [5.41, 5.74) is 2.32. The molecule has 0 atom stereocenters. The Morgan fingerprint density at radius 1 is 0.900 bits per heavy atom. The molecule has 2 N–H and O–H groups in total. The largest absolute Gasteiger partial charge is 0.478 e. The second-order valence-electron chi connectivity index (χ2n) is 9.16. The molecule has 0 bridgehead atoms. The van der Waals surface area contributed by atoms with Gasteiger partial charge >= 0.3 is 12.1 Å². The van der Waals surface area contributed by atoms with Gasteiger partial charge in [-0.05, 0) is 70.8 Å². The Morgan fingerprint density at radius 2 is 1.65 bits per heavy atom. The predicted octanol–water partition coefficient (Wildman–Crippen LogP) is 7.05. The number of carbonyl (C=O) groups excluding carboxylic acids is 1. The lowest BCUT2D eigenvalue weighted by Crippen LogP contribution is -2.24. The van der Waals surface area contributed by atoms with E-state index in [1.807, 2.05) is 6.07 Å².